The van der Waals surface area contributed by atoms with E-state index in [0.717, 1.165) is 12.8 Å². The van der Waals surface area contributed by atoms with Crippen molar-refractivity contribution in [2.45, 2.75) is 70.8 Å². The summed E-state index contributed by atoms with van der Waals surface area (Å²) in [4.78, 5) is 10.6. The molecule has 0 unspecified atom stereocenters. The van der Waals surface area contributed by atoms with Crippen LogP contribution in [0.15, 0.2) is 0 Å². The first kappa shape index (κ1) is 15.0. The van der Waals surface area contributed by atoms with Crippen molar-refractivity contribution in [3.8, 4) is 0 Å². The fraction of sp³-hybridized carbons (Fsp3) is 0.917. The highest BCUT2D eigenvalue weighted by molar-refractivity contribution is 7.96. The molecule has 0 aliphatic rings. The highest BCUT2D eigenvalue weighted by Gasteiger charge is 2.06. The molecule has 2 nitrogen and oxygen atoms in total. The minimum atomic E-state index is -0.481. The van der Waals surface area contributed by atoms with Gasteiger partial charge in [0.25, 0.3) is 0 Å². The Bertz CT molecular complexity index is 160. The van der Waals surface area contributed by atoms with Crippen LogP contribution in [0.5, 0.6) is 0 Å². The second-order valence-electron chi connectivity index (χ2n) is 4.16. The van der Waals surface area contributed by atoms with Gasteiger partial charge in [-0.05, 0) is 6.42 Å². The van der Waals surface area contributed by atoms with Crippen molar-refractivity contribution >= 4 is 17.7 Å². The van der Waals surface area contributed by atoms with Gasteiger partial charge < -0.3 is 5.11 Å². The number of hydrogen-bond donors (Lipinski definition) is 2. The Morgan fingerprint density at radius 1 is 1.13 bits per heavy atom. The summed E-state index contributed by atoms with van der Waals surface area (Å²) in [5.74, 6) is 0. The van der Waals surface area contributed by atoms with E-state index in [9.17, 15) is 9.90 Å². The monoisotopic (exact) mass is 232 g/mol. The Kier molecular flexibility index (Phi) is 10.5. The third-order valence-electron chi connectivity index (χ3n) is 2.55. The van der Waals surface area contributed by atoms with Crippen LogP contribution in [0.25, 0.3) is 0 Å². The van der Waals surface area contributed by atoms with Crippen molar-refractivity contribution in [1.82, 2.24) is 0 Å². The lowest BCUT2D eigenvalue weighted by atomic mass is 10.1. The van der Waals surface area contributed by atoms with E-state index >= 15 is 0 Å². The molecule has 15 heavy (non-hydrogen) atoms. The van der Waals surface area contributed by atoms with Gasteiger partial charge in [-0.3, -0.25) is 4.79 Å². The van der Waals surface area contributed by atoms with E-state index in [2.05, 4.69) is 19.6 Å². The summed E-state index contributed by atoms with van der Waals surface area (Å²) in [5, 5.41) is 9.17. The van der Waals surface area contributed by atoms with Gasteiger partial charge in [-0.2, -0.15) is 0 Å². The summed E-state index contributed by atoms with van der Waals surface area (Å²) in [6.45, 7) is 2.21. The zero-order chi connectivity index (χ0) is 11.5. The molecule has 0 aliphatic carbocycles. The predicted molar refractivity (Wildman–Crippen MR) is 67.2 cm³/mol. The van der Waals surface area contributed by atoms with Crippen LogP contribution in [-0.4, -0.2) is 16.3 Å². The molecule has 0 radical (unpaired) electrons. The van der Waals surface area contributed by atoms with Crippen LogP contribution >= 0.6 is 12.6 Å². The average Bonchev–Trinajstić information content (AvgIpc) is 2.15. The van der Waals surface area contributed by atoms with Gasteiger partial charge in [0.05, 0.1) is 6.10 Å². The first-order valence-corrected chi connectivity index (χ1v) is 6.51. The molecule has 0 aromatic rings. The SMILES string of the molecule is CCCCCCCCC[C@@H](O)CC(=O)S. The van der Waals surface area contributed by atoms with Gasteiger partial charge in [0.1, 0.15) is 0 Å². The summed E-state index contributed by atoms with van der Waals surface area (Å²) in [6, 6.07) is 0. The summed E-state index contributed by atoms with van der Waals surface area (Å²) < 4.78 is 0. The molecular weight excluding hydrogens is 208 g/mol. The Balaban J connectivity index is 3.13. The fourth-order valence-corrected chi connectivity index (χ4v) is 1.85. The summed E-state index contributed by atoms with van der Waals surface area (Å²) in [7, 11) is 0. The van der Waals surface area contributed by atoms with Crippen LogP contribution in [0.3, 0.4) is 0 Å². The van der Waals surface area contributed by atoms with E-state index in [0.29, 0.717) is 0 Å². The number of aliphatic hydroxyl groups is 1. The highest BCUT2D eigenvalue weighted by atomic mass is 32.1. The van der Waals surface area contributed by atoms with E-state index in [1.54, 1.807) is 0 Å². The van der Waals surface area contributed by atoms with Crippen LogP contribution in [0.1, 0.15) is 64.7 Å². The Hall–Kier alpha value is -0.0200. The quantitative estimate of drug-likeness (QED) is 0.448. The zero-order valence-electron chi connectivity index (χ0n) is 9.74. The molecule has 3 heteroatoms. The van der Waals surface area contributed by atoms with E-state index in [4.69, 9.17) is 0 Å². The largest absolute Gasteiger partial charge is 0.393 e. The lowest BCUT2D eigenvalue weighted by Gasteiger charge is -2.07. The lowest BCUT2D eigenvalue weighted by Crippen LogP contribution is -2.09. The molecule has 0 heterocycles. The lowest BCUT2D eigenvalue weighted by molar-refractivity contribution is -0.112. The van der Waals surface area contributed by atoms with Gasteiger partial charge in [-0.1, -0.05) is 51.9 Å². The van der Waals surface area contributed by atoms with Crippen molar-refractivity contribution in [3.63, 3.8) is 0 Å². The number of carbonyl (C=O) groups is 1. The Morgan fingerprint density at radius 3 is 2.20 bits per heavy atom. The van der Waals surface area contributed by atoms with Gasteiger partial charge in [-0.25, -0.2) is 0 Å². The molecule has 0 saturated heterocycles. The summed E-state index contributed by atoms with van der Waals surface area (Å²) in [6.07, 6.45) is 9.13. The number of hydrogen-bond acceptors (Lipinski definition) is 2. The normalized spacial score (nSPS) is 12.7. The van der Waals surface area contributed by atoms with E-state index < -0.39 is 6.10 Å². The molecule has 1 atom stereocenters. The smallest absolute Gasteiger partial charge is 0.188 e. The molecule has 0 aromatic heterocycles. The van der Waals surface area contributed by atoms with Crippen molar-refractivity contribution < 1.29 is 9.90 Å². The molecule has 0 amide bonds. The Labute approximate surface area is 98.9 Å². The Morgan fingerprint density at radius 2 is 1.67 bits per heavy atom. The number of unbranched alkanes of at least 4 members (excludes halogenated alkanes) is 6. The predicted octanol–water partition coefficient (Wildman–Crippen LogP) is 3.33. The van der Waals surface area contributed by atoms with Crippen LogP contribution in [0, 0.1) is 0 Å². The number of carbonyl (C=O) groups excluding carboxylic acids is 1. The molecule has 0 saturated carbocycles. The van der Waals surface area contributed by atoms with Gasteiger partial charge in [-0.15, -0.1) is 12.6 Å². The van der Waals surface area contributed by atoms with Crippen LogP contribution in [0.2, 0.25) is 0 Å². The zero-order valence-corrected chi connectivity index (χ0v) is 10.6. The second-order valence-corrected chi connectivity index (χ2v) is 4.66. The van der Waals surface area contributed by atoms with Crippen LogP contribution < -0.4 is 0 Å². The summed E-state index contributed by atoms with van der Waals surface area (Å²) in [5.41, 5.74) is 0. The molecule has 0 bridgehead atoms. The number of thiol groups is 1. The maximum Gasteiger partial charge on any atom is 0.188 e. The van der Waals surface area contributed by atoms with E-state index in [1.165, 1.54) is 38.5 Å². The molecule has 0 aliphatic heterocycles. The minimum Gasteiger partial charge on any atom is -0.393 e. The average molecular weight is 232 g/mol. The number of aliphatic hydroxyl groups excluding tert-OH is 1. The molecule has 0 aromatic carbocycles. The molecule has 0 rings (SSSR count). The maximum absolute atomic E-state index is 10.6. The minimum absolute atomic E-state index is 0.193. The first-order chi connectivity index (χ1) is 7.16. The summed E-state index contributed by atoms with van der Waals surface area (Å²) >= 11 is 3.64. The van der Waals surface area contributed by atoms with Crippen molar-refractivity contribution in [1.29, 1.82) is 0 Å². The van der Waals surface area contributed by atoms with Gasteiger partial charge in [0.15, 0.2) is 5.12 Å². The fourth-order valence-electron chi connectivity index (χ4n) is 1.64. The van der Waals surface area contributed by atoms with Crippen LogP contribution in [-0.2, 0) is 4.79 Å². The van der Waals surface area contributed by atoms with E-state index in [1.807, 2.05) is 0 Å². The molecule has 0 spiro atoms. The van der Waals surface area contributed by atoms with Crippen molar-refractivity contribution in [2.75, 3.05) is 0 Å². The van der Waals surface area contributed by atoms with Gasteiger partial charge in [0.2, 0.25) is 0 Å². The van der Waals surface area contributed by atoms with Gasteiger partial charge >= 0.3 is 0 Å². The third-order valence-corrected chi connectivity index (χ3v) is 2.73. The first-order valence-electron chi connectivity index (χ1n) is 6.06. The van der Waals surface area contributed by atoms with Crippen molar-refractivity contribution in [3.05, 3.63) is 0 Å². The van der Waals surface area contributed by atoms with E-state index in [-0.39, 0.29) is 11.5 Å². The molecular formula is C12H24O2S. The van der Waals surface area contributed by atoms with Crippen molar-refractivity contribution in [2.24, 2.45) is 0 Å². The topological polar surface area (TPSA) is 37.3 Å². The molecule has 0 fully saturated rings. The molecule has 90 valence electrons. The second kappa shape index (κ2) is 10.5. The molecule has 1 N–H and O–H groups in total. The maximum atomic E-state index is 10.6. The third kappa shape index (κ3) is 11.9. The highest BCUT2D eigenvalue weighted by Crippen LogP contribution is 2.11. The standard InChI is InChI=1S/C12H24O2S/c1-2-3-4-5-6-7-8-9-11(13)10-12(14)15/h11,13H,2-10H2,1H3,(H,14,15)/t11-/m1/s1. The van der Waals surface area contributed by atoms with Crippen LogP contribution in [0.4, 0.5) is 0 Å². The number of rotatable bonds is 10. The van der Waals surface area contributed by atoms with Gasteiger partial charge in [0, 0.05) is 6.42 Å².